The molecule has 1 fully saturated rings. The lowest BCUT2D eigenvalue weighted by molar-refractivity contribution is 0.0934. The van der Waals surface area contributed by atoms with Gasteiger partial charge in [-0.05, 0) is 54.8 Å². The topological polar surface area (TPSA) is 57.6 Å². The van der Waals surface area contributed by atoms with Crippen LogP contribution >= 0.6 is 0 Å². The predicted molar refractivity (Wildman–Crippen MR) is 175 cm³/mol. The van der Waals surface area contributed by atoms with Crippen LogP contribution in [0.1, 0.15) is 46.6 Å². The van der Waals surface area contributed by atoms with Crippen LogP contribution in [0.3, 0.4) is 0 Å². The number of hydrogen-bond acceptors (Lipinski definition) is 4. The first-order chi connectivity index (χ1) is 21.0. The third-order valence-corrected chi connectivity index (χ3v) is 8.46. The number of anilines is 1. The molecule has 0 unspecified atom stereocenters. The van der Waals surface area contributed by atoms with Crippen molar-refractivity contribution in [3.63, 3.8) is 0 Å². The second-order valence-electron chi connectivity index (χ2n) is 11.3. The number of hydrogen-bond donors (Lipinski definition) is 1. The summed E-state index contributed by atoms with van der Waals surface area (Å²) in [7, 11) is 0. The molecule has 1 amide bonds. The normalized spacial score (nSPS) is 14.5. The van der Waals surface area contributed by atoms with Gasteiger partial charge in [-0.15, -0.1) is 0 Å². The highest BCUT2D eigenvalue weighted by Crippen LogP contribution is 2.27. The van der Waals surface area contributed by atoms with E-state index < -0.39 is 0 Å². The number of amides is 1. The van der Waals surface area contributed by atoms with Gasteiger partial charge in [-0.3, -0.25) is 19.1 Å². The van der Waals surface area contributed by atoms with Gasteiger partial charge in [0.05, 0.1) is 17.3 Å². The van der Waals surface area contributed by atoms with E-state index in [1.807, 2.05) is 84.9 Å². The number of pyridine rings is 1. The van der Waals surface area contributed by atoms with Gasteiger partial charge in [0.15, 0.2) is 0 Å². The number of aryl methyl sites for hydroxylation is 1. The van der Waals surface area contributed by atoms with Crippen LogP contribution in [0.5, 0.6) is 0 Å². The molecule has 0 aliphatic carbocycles. The quantitative estimate of drug-likeness (QED) is 0.231. The molecule has 0 bridgehead atoms. The van der Waals surface area contributed by atoms with Gasteiger partial charge in [-0.25, -0.2) is 0 Å². The molecule has 43 heavy (non-hydrogen) atoms. The molecule has 1 N–H and O–H groups in total. The maximum atomic E-state index is 14.4. The minimum absolute atomic E-state index is 0.109. The average Bonchev–Trinajstić information content (AvgIpc) is 3.05. The minimum Gasteiger partial charge on any atom is -0.369 e. The van der Waals surface area contributed by atoms with Gasteiger partial charge in [-0.2, -0.15) is 0 Å². The molecule has 6 rings (SSSR count). The Morgan fingerprint density at radius 2 is 1.40 bits per heavy atom. The molecule has 1 aliphatic rings. The van der Waals surface area contributed by atoms with Crippen molar-refractivity contribution in [2.24, 2.45) is 0 Å². The first kappa shape index (κ1) is 28.4. The van der Waals surface area contributed by atoms with Gasteiger partial charge < -0.3 is 10.2 Å². The highest BCUT2D eigenvalue weighted by atomic mass is 16.2. The molecular formula is C37H38N4O2. The number of nitrogens with zero attached hydrogens (tertiary/aromatic N) is 3. The fourth-order valence-electron chi connectivity index (χ4n) is 6.19. The fourth-order valence-corrected chi connectivity index (χ4v) is 6.19. The Balaban J connectivity index is 1.42. The number of piperazine rings is 1. The van der Waals surface area contributed by atoms with Crippen molar-refractivity contribution in [3.05, 3.63) is 142 Å². The summed E-state index contributed by atoms with van der Waals surface area (Å²) in [5.74, 6) is -0.162. The van der Waals surface area contributed by atoms with E-state index in [0.29, 0.717) is 22.9 Å². The first-order valence-electron chi connectivity index (χ1n) is 15.2. The number of fused-ring (bicyclic) bond motifs is 1. The summed E-state index contributed by atoms with van der Waals surface area (Å²) in [6.07, 6.45) is 0.752. The molecule has 6 heteroatoms. The molecule has 218 valence electrons. The minimum atomic E-state index is -0.162. The molecule has 6 nitrogen and oxygen atoms in total. The summed E-state index contributed by atoms with van der Waals surface area (Å²) in [4.78, 5) is 33.3. The lowest BCUT2D eigenvalue weighted by Gasteiger charge is -2.37. The molecule has 2 heterocycles. The highest BCUT2D eigenvalue weighted by Gasteiger charge is 2.27. The molecule has 0 radical (unpaired) electrons. The molecule has 0 spiro atoms. The largest absolute Gasteiger partial charge is 0.369 e. The molecule has 1 aliphatic heterocycles. The zero-order valence-corrected chi connectivity index (χ0v) is 24.9. The first-order valence-corrected chi connectivity index (χ1v) is 15.2. The van der Waals surface area contributed by atoms with Crippen molar-refractivity contribution in [1.82, 2.24) is 14.8 Å². The van der Waals surface area contributed by atoms with Crippen molar-refractivity contribution in [2.45, 2.75) is 32.9 Å². The van der Waals surface area contributed by atoms with Gasteiger partial charge in [0, 0.05) is 54.9 Å². The van der Waals surface area contributed by atoms with Crippen molar-refractivity contribution in [3.8, 4) is 5.69 Å². The standard InChI is InChI=1S/C37H38N4O2/c1-3-33(28-14-6-4-7-15-28)38-36(42)35-31-19-10-11-20-32(31)37(43)41(29-16-8-5-9-17-29)34(35)26-39-21-23-40(24-22-39)30-18-12-13-27(2)25-30/h4-20,25,33H,3,21-24,26H2,1-2H3,(H,38,42)/t33-/m0/s1. The zero-order chi connectivity index (χ0) is 29.8. The van der Waals surface area contributed by atoms with E-state index in [2.05, 4.69) is 53.2 Å². The van der Waals surface area contributed by atoms with Gasteiger partial charge in [-0.1, -0.05) is 85.8 Å². The number of rotatable bonds is 8. The Labute approximate surface area is 253 Å². The van der Waals surface area contributed by atoms with Gasteiger partial charge in [0.2, 0.25) is 0 Å². The van der Waals surface area contributed by atoms with E-state index in [1.165, 1.54) is 11.3 Å². The Morgan fingerprint density at radius 3 is 2.07 bits per heavy atom. The summed E-state index contributed by atoms with van der Waals surface area (Å²) in [6, 6.07) is 35.7. The number of aromatic nitrogens is 1. The predicted octanol–water partition coefficient (Wildman–Crippen LogP) is 6.50. The van der Waals surface area contributed by atoms with Crippen molar-refractivity contribution >= 4 is 22.4 Å². The highest BCUT2D eigenvalue weighted by molar-refractivity contribution is 6.08. The van der Waals surface area contributed by atoms with Crippen LogP contribution in [0.2, 0.25) is 0 Å². The molecule has 1 aromatic heterocycles. The Bertz CT molecular complexity index is 1770. The van der Waals surface area contributed by atoms with E-state index in [4.69, 9.17) is 0 Å². The van der Waals surface area contributed by atoms with Crippen molar-refractivity contribution in [2.75, 3.05) is 31.1 Å². The van der Waals surface area contributed by atoms with Crippen LogP contribution in [0.25, 0.3) is 16.5 Å². The maximum Gasteiger partial charge on any atom is 0.263 e. The number of benzene rings is 4. The molecule has 4 aromatic carbocycles. The Hall–Kier alpha value is -4.68. The summed E-state index contributed by atoms with van der Waals surface area (Å²) >= 11 is 0. The monoisotopic (exact) mass is 570 g/mol. The summed E-state index contributed by atoms with van der Waals surface area (Å²) < 4.78 is 1.76. The van der Waals surface area contributed by atoms with Crippen LogP contribution in [0, 0.1) is 6.92 Å². The third kappa shape index (κ3) is 5.97. The van der Waals surface area contributed by atoms with Gasteiger partial charge in [0.1, 0.15) is 0 Å². The lowest BCUT2D eigenvalue weighted by Crippen LogP contribution is -2.47. The van der Waals surface area contributed by atoms with E-state index >= 15 is 0 Å². The number of carbonyl (C=O) groups excluding carboxylic acids is 1. The second-order valence-corrected chi connectivity index (χ2v) is 11.3. The van der Waals surface area contributed by atoms with Gasteiger partial charge >= 0.3 is 0 Å². The van der Waals surface area contributed by atoms with Crippen LogP contribution in [0.4, 0.5) is 5.69 Å². The fraction of sp³-hybridized carbons (Fsp3) is 0.243. The summed E-state index contributed by atoms with van der Waals surface area (Å²) in [5.41, 5.74) is 5.48. The maximum absolute atomic E-state index is 14.4. The smallest absolute Gasteiger partial charge is 0.263 e. The lowest BCUT2D eigenvalue weighted by atomic mass is 9.99. The molecule has 1 atom stereocenters. The Morgan fingerprint density at radius 1 is 0.767 bits per heavy atom. The van der Waals surface area contributed by atoms with E-state index in [-0.39, 0.29) is 17.5 Å². The van der Waals surface area contributed by atoms with E-state index in [1.54, 1.807) is 4.57 Å². The number of nitrogens with one attached hydrogen (secondary N) is 1. The molecular weight excluding hydrogens is 532 g/mol. The number of para-hydroxylation sites is 1. The molecule has 5 aromatic rings. The number of carbonyl (C=O) groups is 1. The summed E-state index contributed by atoms with van der Waals surface area (Å²) in [6.45, 7) is 8.09. The van der Waals surface area contributed by atoms with E-state index in [0.717, 1.165) is 49.5 Å². The van der Waals surface area contributed by atoms with Gasteiger partial charge in [0.25, 0.3) is 11.5 Å². The summed E-state index contributed by atoms with van der Waals surface area (Å²) in [5, 5.41) is 4.55. The Kier molecular flexibility index (Phi) is 8.38. The SMILES string of the molecule is CC[C@H](NC(=O)c1c(CN2CCN(c3cccc(C)c3)CC2)n(-c2ccccc2)c(=O)c2ccccc12)c1ccccc1. The average molecular weight is 571 g/mol. The molecule has 1 saturated heterocycles. The zero-order valence-electron chi connectivity index (χ0n) is 24.9. The van der Waals surface area contributed by atoms with Crippen molar-refractivity contribution < 1.29 is 4.79 Å². The van der Waals surface area contributed by atoms with Crippen molar-refractivity contribution in [1.29, 1.82) is 0 Å². The van der Waals surface area contributed by atoms with Crippen LogP contribution in [-0.2, 0) is 6.54 Å². The molecule has 0 saturated carbocycles. The second kappa shape index (κ2) is 12.7. The van der Waals surface area contributed by atoms with E-state index in [9.17, 15) is 9.59 Å². The van der Waals surface area contributed by atoms with Crippen LogP contribution in [0.15, 0.2) is 114 Å². The van der Waals surface area contributed by atoms with Crippen LogP contribution < -0.4 is 15.8 Å². The third-order valence-electron chi connectivity index (χ3n) is 8.46. The van der Waals surface area contributed by atoms with Crippen LogP contribution in [-0.4, -0.2) is 41.6 Å².